The van der Waals surface area contributed by atoms with Gasteiger partial charge in [0.05, 0.1) is 18.1 Å². The third kappa shape index (κ3) is 3.16. The Morgan fingerprint density at radius 3 is 2.71 bits per heavy atom. The molecule has 1 aromatic heterocycles. The molecule has 3 rings (SSSR count). The summed E-state index contributed by atoms with van der Waals surface area (Å²) >= 11 is 1.72. The van der Waals surface area contributed by atoms with Gasteiger partial charge in [-0.25, -0.2) is 0 Å². The Labute approximate surface area is 131 Å². The van der Waals surface area contributed by atoms with Gasteiger partial charge in [-0.2, -0.15) is 0 Å². The Kier molecular flexibility index (Phi) is 4.10. The van der Waals surface area contributed by atoms with Gasteiger partial charge in [0.1, 0.15) is 0 Å². The van der Waals surface area contributed by atoms with Crippen molar-refractivity contribution in [2.45, 2.75) is 40.0 Å². The molecule has 1 aliphatic heterocycles. The van der Waals surface area contributed by atoms with Crippen LogP contribution in [0.2, 0.25) is 0 Å². The first-order valence-electron chi connectivity index (χ1n) is 7.94. The molecule has 2 aliphatic rings. The Morgan fingerprint density at radius 1 is 1.33 bits per heavy atom. The van der Waals surface area contributed by atoms with E-state index in [9.17, 15) is 4.79 Å². The average Bonchev–Trinajstić information content (AvgIpc) is 2.89. The van der Waals surface area contributed by atoms with Crippen LogP contribution in [0.15, 0.2) is 6.07 Å². The molecule has 21 heavy (non-hydrogen) atoms. The smallest absolute Gasteiger partial charge is 0.264 e. The zero-order chi connectivity index (χ0) is 15.0. The molecule has 1 fully saturated rings. The maximum absolute atomic E-state index is 12.6. The Morgan fingerprint density at radius 2 is 2.05 bits per heavy atom. The van der Waals surface area contributed by atoms with Crippen molar-refractivity contribution in [3.05, 3.63) is 21.4 Å². The fourth-order valence-corrected chi connectivity index (χ4v) is 4.47. The summed E-state index contributed by atoms with van der Waals surface area (Å²) in [7, 11) is 0. The maximum atomic E-state index is 12.6. The second-order valence-electron chi connectivity index (χ2n) is 7.27. The fraction of sp³-hybridized carbons (Fsp3) is 0.706. The van der Waals surface area contributed by atoms with Crippen LogP contribution in [0.3, 0.4) is 0 Å². The van der Waals surface area contributed by atoms with E-state index in [2.05, 4.69) is 26.8 Å². The number of hydrogen-bond acceptors (Lipinski definition) is 3. The molecule has 1 unspecified atom stereocenters. The molecule has 0 saturated carbocycles. The summed E-state index contributed by atoms with van der Waals surface area (Å²) in [6, 6.07) is 2.16. The van der Waals surface area contributed by atoms with Crippen molar-refractivity contribution >= 4 is 17.2 Å². The highest BCUT2D eigenvalue weighted by Gasteiger charge is 2.31. The van der Waals surface area contributed by atoms with Gasteiger partial charge in [-0.15, -0.1) is 11.3 Å². The van der Waals surface area contributed by atoms with E-state index in [-0.39, 0.29) is 5.91 Å². The molecule has 2 heterocycles. The minimum atomic E-state index is 0.199. The van der Waals surface area contributed by atoms with E-state index in [0.29, 0.717) is 18.6 Å². The van der Waals surface area contributed by atoms with Gasteiger partial charge in [-0.3, -0.25) is 4.79 Å². The monoisotopic (exact) mass is 307 g/mol. The predicted molar refractivity (Wildman–Crippen MR) is 86.0 cm³/mol. The number of carbonyl (C=O) groups is 1. The van der Waals surface area contributed by atoms with Crippen LogP contribution in [0, 0.1) is 11.3 Å². The lowest BCUT2D eigenvalue weighted by Crippen LogP contribution is -2.40. The van der Waals surface area contributed by atoms with E-state index in [1.165, 1.54) is 16.9 Å². The number of carbonyl (C=O) groups excluding carboxylic acids is 1. The molecule has 3 nitrogen and oxygen atoms in total. The third-order valence-electron chi connectivity index (χ3n) is 4.82. The van der Waals surface area contributed by atoms with Crippen LogP contribution in [-0.4, -0.2) is 37.1 Å². The van der Waals surface area contributed by atoms with E-state index in [4.69, 9.17) is 4.74 Å². The summed E-state index contributed by atoms with van der Waals surface area (Å²) in [5, 5.41) is 0. The molecule has 1 aromatic rings. The molecule has 116 valence electrons. The van der Waals surface area contributed by atoms with Gasteiger partial charge < -0.3 is 9.64 Å². The summed E-state index contributed by atoms with van der Waals surface area (Å²) in [5.74, 6) is 0.927. The van der Waals surface area contributed by atoms with E-state index < -0.39 is 0 Å². The molecule has 1 amide bonds. The number of aryl methyl sites for hydroxylation is 1. The molecular weight excluding hydrogens is 282 g/mol. The van der Waals surface area contributed by atoms with Gasteiger partial charge in [-0.1, -0.05) is 20.8 Å². The number of thiophene rings is 1. The van der Waals surface area contributed by atoms with Crippen LogP contribution in [0.4, 0.5) is 0 Å². The summed E-state index contributed by atoms with van der Waals surface area (Å²) in [6.45, 7) is 9.78. The lowest BCUT2D eigenvalue weighted by molar-refractivity contribution is 0.0306. The summed E-state index contributed by atoms with van der Waals surface area (Å²) in [4.78, 5) is 16.9. The van der Waals surface area contributed by atoms with Gasteiger partial charge in [-0.05, 0) is 42.2 Å². The number of ether oxygens (including phenoxy) is 1. The summed E-state index contributed by atoms with van der Waals surface area (Å²) in [5.41, 5.74) is 1.77. The predicted octanol–water partition coefficient (Wildman–Crippen LogP) is 3.37. The molecule has 4 heteroatoms. The zero-order valence-corrected chi connectivity index (χ0v) is 14.1. The first-order chi connectivity index (χ1) is 9.95. The van der Waals surface area contributed by atoms with Crippen LogP contribution in [-0.2, 0) is 17.6 Å². The van der Waals surface area contributed by atoms with Gasteiger partial charge in [0.15, 0.2) is 0 Å². The molecule has 1 aliphatic carbocycles. The number of nitrogens with zero attached hydrogens (tertiary/aromatic N) is 1. The topological polar surface area (TPSA) is 29.5 Å². The van der Waals surface area contributed by atoms with Crippen molar-refractivity contribution in [1.29, 1.82) is 0 Å². The molecule has 1 saturated heterocycles. The Bertz CT molecular complexity index is 523. The van der Waals surface area contributed by atoms with Gasteiger partial charge in [0, 0.05) is 18.0 Å². The number of morpholine rings is 1. The standard InChI is InChI=1S/C17H25NO2S/c1-17(2,3)13-4-5-14-12(10-13)11-15(21-14)16(19)18-6-8-20-9-7-18/h11,13H,4-10H2,1-3H3. The van der Waals surface area contributed by atoms with E-state index in [1.807, 2.05) is 4.90 Å². The highest BCUT2D eigenvalue weighted by Crippen LogP contribution is 2.40. The molecular formula is C17H25NO2S. The Balaban J connectivity index is 1.75. The largest absolute Gasteiger partial charge is 0.378 e. The maximum Gasteiger partial charge on any atom is 0.264 e. The highest BCUT2D eigenvalue weighted by atomic mass is 32.1. The SMILES string of the molecule is CC(C)(C)C1CCc2sc(C(=O)N3CCOCC3)cc2C1. The minimum Gasteiger partial charge on any atom is -0.378 e. The lowest BCUT2D eigenvalue weighted by atomic mass is 9.72. The molecule has 0 radical (unpaired) electrons. The van der Waals surface area contributed by atoms with Crippen molar-refractivity contribution in [2.24, 2.45) is 11.3 Å². The first kappa shape index (κ1) is 15.0. The van der Waals surface area contributed by atoms with Crippen molar-refractivity contribution < 1.29 is 9.53 Å². The number of rotatable bonds is 1. The number of hydrogen-bond donors (Lipinski definition) is 0. The molecule has 0 aromatic carbocycles. The number of amides is 1. The van der Waals surface area contributed by atoms with Crippen LogP contribution >= 0.6 is 11.3 Å². The molecule has 1 atom stereocenters. The second kappa shape index (κ2) is 5.73. The summed E-state index contributed by atoms with van der Waals surface area (Å²) < 4.78 is 5.33. The molecule has 0 bridgehead atoms. The van der Waals surface area contributed by atoms with Crippen LogP contribution in [0.5, 0.6) is 0 Å². The minimum absolute atomic E-state index is 0.199. The van der Waals surface area contributed by atoms with Gasteiger partial charge in [0.25, 0.3) is 5.91 Å². The Hall–Kier alpha value is -0.870. The quantitative estimate of drug-likeness (QED) is 0.796. The van der Waals surface area contributed by atoms with Crippen molar-refractivity contribution in [3.63, 3.8) is 0 Å². The van der Waals surface area contributed by atoms with E-state index >= 15 is 0 Å². The van der Waals surface area contributed by atoms with Crippen LogP contribution < -0.4 is 0 Å². The molecule has 0 spiro atoms. The normalized spacial score (nSPS) is 23.0. The van der Waals surface area contributed by atoms with E-state index in [0.717, 1.165) is 36.7 Å². The van der Waals surface area contributed by atoms with Crippen molar-refractivity contribution in [3.8, 4) is 0 Å². The zero-order valence-electron chi connectivity index (χ0n) is 13.3. The third-order valence-corrected chi connectivity index (χ3v) is 6.04. The second-order valence-corrected chi connectivity index (χ2v) is 8.41. The average molecular weight is 307 g/mol. The lowest BCUT2D eigenvalue weighted by Gasteiger charge is -2.33. The number of fused-ring (bicyclic) bond motifs is 1. The van der Waals surface area contributed by atoms with Crippen molar-refractivity contribution in [1.82, 2.24) is 4.90 Å². The first-order valence-corrected chi connectivity index (χ1v) is 8.75. The van der Waals surface area contributed by atoms with Crippen molar-refractivity contribution in [2.75, 3.05) is 26.3 Å². The van der Waals surface area contributed by atoms with Crippen LogP contribution in [0.1, 0.15) is 47.3 Å². The fourth-order valence-electron chi connectivity index (χ4n) is 3.29. The highest BCUT2D eigenvalue weighted by molar-refractivity contribution is 7.14. The van der Waals surface area contributed by atoms with Gasteiger partial charge in [0.2, 0.25) is 0 Å². The molecule has 0 N–H and O–H groups in total. The van der Waals surface area contributed by atoms with E-state index in [1.54, 1.807) is 11.3 Å². The summed E-state index contributed by atoms with van der Waals surface area (Å²) in [6.07, 6.45) is 3.52. The van der Waals surface area contributed by atoms with Crippen LogP contribution in [0.25, 0.3) is 0 Å². The van der Waals surface area contributed by atoms with Gasteiger partial charge >= 0.3 is 0 Å².